The van der Waals surface area contributed by atoms with E-state index in [4.69, 9.17) is 16.8 Å². The van der Waals surface area contributed by atoms with Gasteiger partial charge in [0.05, 0.1) is 16.1 Å². The molecule has 0 N–H and O–H groups in total. The molecule has 1 aromatic carbocycles. The van der Waals surface area contributed by atoms with E-state index in [-0.39, 0.29) is 5.91 Å². The Bertz CT molecular complexity index is 1200. The number of pyridine rings is 2. The van der Waals surface area contributed by atoms with Gasteiger partial charge in [-0.3, -0.25) is 14.8 Å². The standard InChI is InChI=1S/C23H19ClN4OS/c1-14-9-15(2)11-19(10-14)20-21(17-6-8-26-16(3)12-17)30-23(27-20)28(24)22(29)18-5-4-7-25-13-18/h4-13H,1-3H3. The first-order valence-corrected chi connectivity index (χ1v) is 10.5. The van der Waals surface area contributed by atoms with E-state index in [9.17, 15) is 4.79 Å². The SMILES string of the molecule is Cc1cc(C)cc(-c2nc(N(Cl)C(=O)c3cccnc3)sc2-c2ccnc(C)c2)c1. The molecule has 0 aliphatic rings. The fraction of sp³-hybridized carbons (Fsp3) is 0.130. The summed E-state index contributed by atoms with van der Waals surface area (Å²) in [7, 11) is 0. The number of amides is 1. The molecule has 30 heavy (non-hydrogen) atoms. The van der Waals surface area contributed by atoms with Crippen molar-refractivity contribution < 1.29 is 4.79 Å². The number of thiazole rings is 1. The van der Waals surface area contributed by atoms with Gasteiger partial charge >= 0.3 is 0 Å². The summed E-state index contributed by atoms with van der Waals surface area (Å²) >= 11 is 7.81. The molecule has 5 nitrogen and oxygen atoms in total. The molecule has 0 saturated carbocycles. The number of carbonyl (C=O) groups excluding carboxylic acids is 1. The van der Waals surface area contributed by atoms with E-state index < -0.39 is 0 Å². The Morgan fingerprint density at radius 2 is 1.77 bits per heavy atom. The van der Waals surface area contributed by atoms with Gasteiger partial charge in [0.1, 0.15) is 0 Å². The zero-order valence-electron chi connectivity index (χ0n) is 16.8. The molecule has 3 heterocycles. The van der Waals surface area contributed by atoms with Crippen molar-refractivity contribution >= 4 is 34.2 Å². The summed E-state index contributed by atoms with van der Waals surface area (Å²) in [5.74, 6) is -0.372. The highest BCUT2D eigenvalue weighted by Crippen LogP contribution is 2.41. The maximum Gasteiger partial charge on any atom is 0.276 e. The highest BCUT2D eigenvalue weighted by Gasteiger charge is 2.23. The Hall–Kier alpha value is -3.09. The molecule has 0 unspecified atom stereocenters. The fourth-order valence-corrected chi connectivity index (χ4v) is 4.50. The van der Waals surface area contributed by atoms with Crippen LogP contribution in [0.2, 0.25) is 0 Å². The number of anilines is 1. The number of hydrogen-bond acceptors (Lipinski definition) is 5. The van der Waals surface area contributed by atoms with Gasteiger partial charge in [0.2, 0.25) is 5.13 Å². The summed E-state index contributed by atoms with van der Waals surface area (Å²) in [6.45, 7) is 6.06. The minimum atomic E-state index is -0.372. The highest BCUT2D eigenvalue weighted by molar-refractivity contribution is 7.20. The van der Waals surface area contributed by atoms with Crippen LogP contribution in [0.15, 0.2) is 61.1 Å². The smallest absolute Gasteiger partial charge is 0.267 e. The topological polar surface area (TPSA) is 59.0 Å². The monoisotopic (exact) mass is 434 g/mol. The maximum absolute atomic E-state index is 12.8. The Kier molecular flexibility index (Phi) is 5.61. The Labute approximate surface area is 184 Å². The summed E-state index contributed by atoms with van der Waals surface area (Å²) in [5.41, 5.74) is 6.35. The fourth-order valence-electron chi connectivity index (χ4n) is 3.27. The van der Waals surface area contributed by atoms with Gasteiger partial charge < -0.3 is 0 Å². The van der Waals surface area contributed by atoms with Crippen LogP contribution in [0.5, 0.6) is 0 Å². The van der Waals surface area contributed by atoms with Crippen molar-refractivity contribution in [2.45, 2.75) is 20.8 Å². The predicted octanol–water partition coefficient (Wildman–Crippen LogP) is 5.99. The molecule has 4 rings (SSSR count). The van der Waals surface area contributed by atoms with E-state index in [1.165, 1.54) is 17.5 Å². The van der Waals surface area contributed by atoms with Crippen LogP contribution < -0.4 is 4.42 Å². The molecule has 0 radical (unpaired) electrons. The lowest BCUT2D eigenvalue weighted by Crippen LogP contribution is -2.20. The van der Waals surface area contributed by atoms with Crippen LogP contribution in [0.25, 0.3) is 21.7 Å². The lowest BCUT2D eigenvalue weighted by Gasteiger charge is -2.09. The number of halogens is 1. The van der Waals surface area contributed by atoms with Crippen LogP contribution >= 0.6 is 23.1 Å². The number of aromatic nitrogens is 3. The van der Waals surface area contributed by atoms with Crippen molar-refractivity contribution in [3.8, 4) is 21.7 Å². The first kappa shape index (κ1) is 20.2. The third-order valence-corrected chi connectivity index (χ3v) is 6.03. The minimum absolute atomic E-state index is 0.372. The van der Waals surface area contributed by atoms with Crippen molar-refractivity contribution in [1.82, 2.24) is 15.0 Å². The number of hydrogen-bond donors (Lipinski definition) is 0. The normalized spacial score (nSPS) is 10.8. The lowest BCUT2D eigenvalue weighted by atomic mass is 10.0. The summed E-state index contributed by atoms with van der Waals surface area (Å²) in [4.78, 5) is 26.8. The van der Waals surface area contributed by atoms with Crippen molar-refractivity contribution in [1.29, 1.82) is 0 Å². The minimum Gasteiger partial charge on any atom is -0.267 e. The molecule has 0 spiro atoms. The van der Waals surface area contributed by atoms with E-state index in [0.717, 1.165) is 42.9 Å². The molecule has 0 bridgehead atoms. The average Bonchev–Trinajstić information content (AvgIpc) is 3.18. The number of nitrogens with zero attached hydrogens (tertiary/aromatic N) is 4. The van der Waals surface area contributed by atoms with Gasteiger partial charge in [0.25, 0.3) is 5.91 Å². The van der Waals surface area contributed by atoms with Crippen LogP contribution in [0, 0.1) is 20.8 Å². The third kappa shape index (κ3) is 4.10. The lowest BCUT2D eigenvalue weighted by molar-refractivity contribution is 0.100. The maximum atomic E-state index is 12.8. The van der Waals surface area contributed by atoms with Gasteiger partial charge in [-0.05, 0) is 62.7 Å². The summed E-state index contributed by atoms with van der Waals surface area (Å²) in [6.07, 6.45) is 4.87. The molecule has 0 fully saturated rings. The number of carbonyl (C=O) groups is 1. The number of rotatable bonds is 4. The second-order valence-corrected chi connectivity index (χ2v) is 8.38. The summed E-state index contributed by atoms with van der Waals surface area (Å²) in [6, 6.07) is 13.6. The van der Waals surface area contributed by atoms with Gasteiger partial charge in [0.15, 0.2) is 0 Å². The van der Waals surface area contributed by atoms with Crippen LogP contribution in [0.4, 0.5) is 5.13 Å². The molecule has 4 aromatic rings. The number of benzene rings is 1. The number of aryl methyl sites for hydroxylation is 3. The van der Waals surface area contributed by atoms with E-state index in [1.54, 1.807) is 24.5 Å². The molecular weight excluding hydrogens is 416 g/mol. The van der Waals surface area contributed by atoms with Gasteiger partial charge in [-0.1, -0.05) is 28.5 Å². The Morgan fingerprint density at radius 3 is 2.43 bits per heavy atom. The molecule has 0 saturated heterocycles. The van der Waals surface area contributed by atoms with Crippen molar-refractivity contribution in [3.05, 3.63) is 83.4 Å². The van der Waals surface area contributed by atoms with Crippen molar-refractivity contribution in [2.24, 2.45) is 0 Å². The van der Waals surface area contributed by atoms with Crippen LogP contribution in [0.3, 0.4) is 0 Å². The second kappa shape index (κ2) is 8.34. The zero-order valence-corrected chi connectivity index (χ0v) is 18.3. The predicted molar refractivity (Wildman–Crippen MR) is 122 cm³/mol. The Balaban J connectivity index is 1.84. The summed E-state index contributed by atoms with van der Waals surface area (Å²) in [5, 5.41) is 0.407. The van der Waals surface area contributed by atoms with Gasteiger partial charge in [-0.2, -0.15) is 4.42 Å². The first-order chi connectivity index (χ1) is 14.4. The van der Waals surface area contributed by atoms with Crippen molar-refractivity contribution in [2.75, 3.05) is 4.42 Å². The van der Waals surface area contributed by atoms with Gasteiger partial charge in [0, 0.05) is 41.6 Å². The van der Waals surface area contributed by atoms with E-state index in [2.05, 4.69) is 42.0 Å². The molecule has 7 heteroatoms. The molecule has 0 atom stereocenters. The quantitative estimate of drug-likeness (QED) is 0.370. The average molecular weight is 435 g/mol. The van der Waals surface area contributed by atoms with Crippen LogP contribution in [-0.2, 0) is 0 Å². The molecule has 0 aliphatic heterocycles. The van der Waals surface area contributed by atoms with E-state index in [0.29, 0.717) is 10.7 Å². The Morgan fingerprint density at radius 1 is 1.00 bits per heavy atom. The molecule has 3 aromatic heterocycles. The van der Waals surface area contributed by atoms with Gasteiger partial charge in [-0.15, -0.1) is 0 Å². The van der Waals surface area contributed by atoms with E-state index >= 15 is 0 Å². The largest absolute Gasteiger partial charge is 0.276 e. The first-order valence-electron chi connectivity index (χ1n) is 9.35. The van der Waals surface area contributed by atoms with Crippen LogP contribution in [-0.4, -0.2) is 20.9 Å². The highest BCUT2D eigenvalue weighted by atomic mass is 35.5. The molecule has 1 amide bonds. The summed E-state index contributed by atoms with van der Waals surface area (Å²) < 4.78 is 1.06. The van der Waals surface area contributed by atoms with Crippen LogP contribution in [0.1, 0.15) is 27.2 Å². The van der Waals surface area contributed by atoms with Crippen molar-refractivity contribution in [3.63, 3.8) is 0 Å². The molecule has 150 valence electrons. The van der Waals surface area contributed by atoms with Gasteiger partial charge in [-0.25, -0.2) is 4.98 Å². The van der Waals surface area contributed by atoms with E-state index in [1.807, 2.05) is 19.1 Å². The third-order valence-electron chi connectivity index (χ3n) is 4.52. The molecular formula is C23H19ClN4OS. The zero-order chi connectivity index (χ0) is 21.3. The second-order valence-electron chi connectivity index (χ2n) is 7.06. The molecule has 0 aliphatic carbocycles.